The Kier molecular flexibility index (Phi) is 9.45. The highest BCUT2D eigenvalue weighted by Gasteiger charge is 2.43. The molecule has 0 saturated carbocycles. The Labute approximate surface area is 236 Å². The number of hydrogen-bond donors (Lipinski definition) is 2. The van der Waals surface area contributed by atoms with Crippen molar-refractivity contribution >= 4 is 46.9 Å². The standard InChI is InChI=1S/C29H29Cl2N3O5/c1-38-28(36)20(12-7-8-16-33-29(37)39-17-18-9-3-2-4-10-18)24-22(31)14-15-23-26(24)25(27(35)34(23)32)19-11-5-6-13-21(19)30/h2-6,9-11,13-15,20,25H,7-8,12,16-17,32H2,1H3,(H,33,37)/t20-,25?/m0/s1. The molecule has 1 aliphatic heterocycles. The highest BCUT2D eigenvalue weighted by atomic mass is 35.5. The summed E-state index contributed by atoms with van der Waals surface area (Å²) in [4.78, 5) is 38.3. The number of carbonyl (C=O) groups excluding carboxylic acids is 3. The van der Waals surface area contributed by atoms with Gasteiger partial charge in [-0.15, -0.1) is 0 Å². The fourth-order valence-electron chi connectivity index (χ4n) is 4.81. The number of halogens is 2. The van der Waals surface area contributed by atoms with Crippen molar-refractivity contribution < 1.29 is 23.9 Å². The summed E-state index contributed by atoms with van der Waals surface area (Å²) < 4.78 is 10.4. The van der Waals surface area contributed by atoms with E-state index in [1.165, 1.54) is 7.11 Å². The quantitative estimate of drug-likeness (QED) is 0.140. The number of benzene rings is 3. The van der Waals surface area contributed by atoms with Gasteiger partial charge in [0.2, 0.25) is 0 Å². The van der Waals surface area contributed by atoms with E-state index < -0.39 is 23.9 Å². The topological polar surface area (TPSA) is 111 Å². The van der Waals surface area contributed by atoms with Gasteiger partial charge in [-0.1, -0.05) is 78.2 Å². The van der Waals surface area contributed by atoms with Crippen LogP contribution in [0, 0.1) is 0 Å². The zero-order valence-electron chi connectivity index (χ0n) is 21.4. The smallest absolute Gasteiger partial charge is 0.407 e. The Hall–Kier alpha value is -3.59. The lowest BCUT2D eigenvalue weighted by molar-refractivity contribution is -0.142. The second-order valence-corrected chi connectivity index (χ2v) is 9.93. The van der Waals surface area contributed by atoms with E-state index in [0.29, 0.717) is 58.2 Å². The van der Waals surface area contributed by atoms with Crippen LogP contribution in [0.5, 0.6) is 0 Å². The molecule has 0 aromatic heterocycles. The van der Waals surface area contributed by atoms with Gasteiger partial charge in [0.1, 0.15) is 6.61 Å². The highest BCUT2D eigenvalue weighted by Crippen LogP contribution is 2.48. The third-order valence-corrected chi connectivity index (χ3v) is 7.37. The second kappa shape index (κ2) is 13.0. The van der Waals surface area contributed by atoms with Gasteiger partial charge in [0.05, 0.1) is 24.6 Å². The lowest BCUT2D eigenvalue weighted by Crippen LogP contribution is -2.35. The molecule has 0 saturated heterocycles. The minimum Gasteiger partial charge on any atom is -0.469 e. The maximum absolute atomic E-state index is 13.3. The molecular formula is C29H29Cl2N3O5. The normalized spacial score (nSPS) is 15.0. The first-order valence-corrected chi connectivity index (χ1v) is 13.3. The monoisotopic (exact) mass is 569 g/mol. The molecule has 3 aromatic rings. The SMILES string of the molecule is COC(=O)[C@@H](CCCCNC(=O)OCc1ccccc1)c1c(Cl)ccc2c1C(c1ccccc1Cl)C(=O)N2N. The van der Waals surface area contributed by atoms with Gasteiger partial charge in [-0.2, -0.15) is 0 Å². The molecule has 1 heterocycles. The summed E-state index contributed by atoms with van der Waals surface area (Å²) >= 11 is 13.1. The van der Waals surface area contributed by atoms with Crippen LogP contribution in [0.4, 0.5) is 10.5 Å². The third-order valence-electron chi connectivity index (χ3n) is 6.70. The number of methoxy groups -OCH3 is 1. The van der Waals surface area contributed by atoms with Gasteiger partial charge < -0.3 is 14.8 Å². The summed E-state index contributed by atoms with van der Waals surface area (Å²) in [6.07, 6.45) is 1.00. The van der Waals surface area contributed by atoms with Crippen LogP contribution in [0.15, 0.2) is 66.7 Å². The number of carbonyl (C=O) groups is 3. The van der Waals surface area contributed by atoms with Gasteiger partial charge in [-0.05, 0) is 53.3 Å². The maximum atomic E-state index is 13.3. The van der Waals surface area contributed by atoms with Gasteiger partial charge >= 0.3 is 12.1 Å². The number of nitrogens with one attached hydrogen (secondary N) is 1. The molecule has 0 spiro atoms. The molecule has 204 valence electrons. The molecule has 0 bridgehead atoms. The van der Waals surface area contributed by atoms with Gasteiger partial charge in [0.15, 0.2) is 0 Å². The summed E-state index contributed by atoms with van der Waals surface area (Å²) in [6.45, 7) is 0.539. The van der Waals surface area contributed by atoms with E-state index in [1.807, 2.05) is 30.3 Å². The summed E-state index contributed by atoms with van der Waals surface area (Å²) in [5.41, 5.74) is 2.96. The van der Waals surface area contributed by atoms with Crippen molar-refractivity contribution in [3.05, 3.63) is 99.0 Å². The molecule has 1 unspecified atom stereocenters. The van der Waals surface area contributed by atoms with Crippen molar-refractivity contribution in [2.24, 2.45) is 5.84 Å². The Bertz CT molecular complexity index is 1350. The van der Waals surface area contributed by atoms with Crippen LogP contribution in [0.25, 0.3) is 0 Å². The lowest BCUT2D eigenvalue weighted by atomic mass is 9.82. The number of hydrogen-bond acceptors (Lipinski definition) is 6. The molecule has 2 amide bonds. The largest absolute Gasteiger partial charge is 0.469 e. The minimum atomic E-state index is -0.819. The number of hydrazine groups is 1. The highest BCUT2D eigenvalue weighted by molar-refractivity contribution is 6.33. The predicted molar refractivity (Wildman–Crippen MR) is 150 cm³/mol. The molecule has 10 heteroatoms. The van der Waals surface area contributed by atoms with Gasteiger partial charge in [0.25, 0.3) is 5.91 Å². The van der Waals surface area contributed by atoms with Crippen LogP contribution in [0.3, 0.4) is 0 Å². The van der Waals surface area contributed by atoms with Crippen molar-refractivity contribution in [3.63, 3.8) is 0 Å². The van der Waals surface area contributed by atoms with Crippen molar-refractivity contribution in [2.75, 3.05) is 18.7 Å². The van der Waals surface area contributed by atoms with E-state index in [4.69, 9.17) is 38.5 Å². The molecule has 39 heavy (non-hydrogen) atoms. The van der Waals surface area contributed by atoms with E-state index >= 15 is 0 Å². The van der Waals surface area contributed by atoms with E-state index in [1.54, 1.807) is 36.4 Å². The van der Waals surface area contributed by atoms with E-state index in [-0.39, 0.29) is 12.5 Å². The Morgan fingerprint density at radius 3 is 2.44 bits per heavy atom. The maximum Gasteiger partial charge on any atom is 0.407 e. The fourth-order valence-corrected chi connectivity index (χ4v) is 5.35. The molecule has 0 aliphatic carbocycles. The third kappa shape index (κ3) is 6.36. The van der Waals surface area contributed by atoms with Crippen molar-refractivity contribution in [3.8, 4) is 0 Å². The van der Waals surface area contributed by atoms with Gasteiger partial charge in [0, 0.05) is 16.6 Å². The zero-order valence-corrected chi connectivity index (χ0v) is 22.9. The first-order valence-electron chi connectivity index (χ1n) is 12.5. The number of esters is 1. The molecule has 3 N–H and O–H groups in total. The molecule has 2 atom stereocenters. The number of unbranched alkanes of at least 4 members (excludes halogenated alkanes) is 1. The Morgan fingerprint density at radius 2 is 1.72 bits per heavy atom. The molecule has 3 aromatic carbocycles. The van der Waals surface area contributed by atoms with Crippen molar-refractivity contribution in [1.29, 1.82) is 0 Å². The van der Waals surface area contributed by atoms with Crippen LogP contribution < -0.4 is 16.2 Å². The van der Waals surface area contributed by atoms with E-state index in [9.17, 15) is 14.4 Å². The molecule has 8 nitrogen and oxygen atoms in total. The van der Waals surface area contributed by atoms with Crippen LogP contribution in [0.2, 0.25) is 10.0 Å². The average molecular weight is 570 g/mol. The summed E-state index contributed by atoms with van der Waals surface area (Å²) in [6, 6.07) is 19.7. The van der Waals surface area contributed by atoms with Crippen molar-refractivity contribution in [1.82, 2.24) is 5.32 Å². The second-order valence-electron chi connectivity index (χ2n) is 9.12. The summed E-state index contributed by atoms with van der Waals surface area (Å²) in [7, 11) is 1.31. The zero-order chi connectivity index (χ0) is 27.9. The Morgan fingerprint density at radius 1 is 1.00 bits per heavy atom. The van der Waals surface area contributed by atoms with Crippen LogP contribution in [0.1, 0.15) is 53.4 Å². The van der Waals surface area contributed by atoms with Crippen LogP contribution >= 0.6 is 23.2 Å². The fraction of sp³-hybridized carbons (Fsp3) is 0.276. The first kappa shape index (κ1) is 28.4. The number of ether oxygens (including phenoxy) is 2. The molecule has 0 fully saturated rings. The molecular weight excluding hydrogens is 541 g/mol. The number of anilines is 1. The van der Waals surface area contributed by atoms with Crippen molar-refractivity contribution in [2.45, 2.75) is 37.7 Å². The van der Waals surface area contributed by atoms with E-state index in [0.717, 1.165) is 10.6 Å². The van der Waals surface area contributed by atoms with Gasteiger partial charge in [-0.25, -0.2) is 15.6 Å². The molecule has 0 radical (unpaired) electrons. The molecule has 4 rings (SSSR count). The number of rotatable bonds is 10. The average Bonchev–Trinajstić information content (AvgIpc) is 3.19. The lowest BCUT2D eigenvalue weighted by Gasteiger charge is -2.22. The van der Waals surface area contributed by atoms with Crippen LogP contribution in [-0.2, 0) is 25.7 Å². The van der Waals surface area contributed by atoms with Crippen LogP contribution in [-0.4, -0.2) is 31.6 Å². The number of nitrogens with two attached hydrogens (primary N) is 1. The number of nitrogens with zero attached hydrogens (tertiary/aromatic N) is 1. The summed E-state index contributed by atoms with van der Waals surface area (Å²) in [5, 5.41) is 4.53. The first-order chi connectivity index (χ1) is 18.8. The predicted octanol–water partition coefficient (Wildman–Crippen LogP) is 5.70. The summed E-state index contributed by atoms with van der Waals surface area (Å²) in [5.74, 6) is 3.72. The number of amides is 2. The van der Waals surface area contributed by atoms with E-state index in [2.05, 4.69) is 5.32 Å². The number of alkyl carbamates (subject to hydrolysis) is 1. The Balaban J connectivity index is 1.48. The molecule has 1 aliphatic rings. The number of fused-ring (bicyclic) bond motifs is 1. The van der Waals surface area contributed by atoms with Gasteiger partial charge in [-0.3, -0.25) is 9.59 Å². The minimum absolute atomic E-state index is 0.179.